The van der Waals surface area contributed by atoms with Gasteiger partial charge in [-0.1, -0.05) is 36.4 Å². The van der Waals surface area contributed by atoms with Crippen LogP contribution >= 0.6 is 0 Å². The Morgan fingerprint density at radius 3 is 2.63 bits per heavy atom. The molecule has 2 aromatic carbocycles. The number of hydrogen-bond donors (Lipinski definition) is 1. The largest absolute Gasteiger partial charge is 0.470 e. The number of rotatable bonds is 5. The van der Waals surface area contributed by atoms with Gasteiger partial charge in [-0.15, -0.1) is 0 Å². The smallest absolute Gasteiger partial charge is 0.260 e. The predicted octanol–water partition coefficient (Wildman–Crippen LogP) is 3.93. The molecule has 1 fully saturated rings. The summed E-state index contributed by atoms with van der Waals surface area (Å²) >= 11 is 0. The molecule has 5 heteroatoms. The lowest BCUT2D eigenvalue weighted by atomic mass is 9.89. The first-order valence-electron chi connectivity index (χ1n) is 9.74. The maximum absolute atomic E-state index is 13.8. The van der Waals surface area contributed by atoms with Gasteiger partial charge in [-0.25, -0.2) is 4.39 Å². The van der Waals surface area contributed by atoms with Crippen molar-refractivity contribution in [3.05, 3.63) is 65.5 Å². The molecule has 0 radical (unpaired) electrons. The summed E-state index contributed by atoms with van der Waals surface area (Å²) in [5.41, 5.74) is 1.46. The van der Waals surface area contributed by atoms with Crippen LogP contribution in [-0.2, 0) is 0 Å². The van der Waals surface area contributed by atoms with Crippen LogP contribution in [0.3, 0.4) is 0 Å². The molecule has 1 saturated heterocycles. The fraction of sp³-hybridized carbons (Fsp3) is 0.409. The molecular formula is C22H25FN2O2. The summed E-state index contributed by atoms with van der Waals surface area (Å²) in [5.74, 6) is 0.0787. The molecule has 1 unspecified atom stereocenters. The first-order valence-corrected chi connectivity index (χ1v) is 9.74. The third-order valence-corrected chi connectivity index (χ3v) is 5.56. The Bertz CT molecular complexity index is 788. The average Bonchev–Trinajstić information content (AvgIpc) is 2.69. The fourth-order valence-corrected chi connectivity index (χ4v) is 4.07. The lowest BCUT2D eigenvalue weighted by molar-refractivity contribution is 0.0716. The van der Waals surface area contributed by atoms with Gasteiger partial charge in [0, 0.05) is 6.42 Å². The van der Waals surface area contributed by atoms with Gasteiger partial charge < -0.3 is 15.0 Å². The fourth-order valence-electron chi connectivity index (χ4n) is 4.07. The first kappa shape index (κ1) is 18.0. The van der Waals surface area contributed by atoms with E-state index in [4.69, 9.17) is 4.74 Å². The summed E-state index contributed by atoms with van der Waals surface area (Å²) in [5, 5.41) is 2.76. The van der Waals surface area contributed by atoms with Gasteiger partial charge in [0.15, 0.2) is 6.23 Å². The topological polar surface area (TPSA) is 41.6 Å². The molecule has 1 N–H and O–H groups in total. The van der Waals surface area contributed by atoms with Crippen molar-refractivity contribution < 1.29 is 13.9 Å². The van der Waals surface area contributed by atoms with Crippen molar-refractivity contribution in [3.63, 3.8) is 0 Å². The number of piperidine rings is 1. The van der Waals surface area contributed by atoms with E-state index in [9.17, 15) is 9.18 Å². The molecule has 0 bridgehead atoms. The van der Waals surface area contributed by atoms with Gasteiger partial charge in [-0.05, 0) is 62.5 Å². The van der Waals surface area contributed by atoms with E-state index in [0.29, 0.717) is 11.7 Å². The van der Waals surface area contributed by atoms with Gasteiger partial charge in [0.25, 0.3) is 5.91 Å². The number of nitrogens with zero attached hydrogens (tertiary/aromatic N) is 1. The van der Waals surface area contributed by atoms with Gasteiger partial charge in [0.05, 0.1) is 0 Å². The van der Waals surface area contributed by atoms with Gasteiger partial charge >= 0.3 is 0 Å². The number of fused-ring (bicyclic) bond motifs is 1. The number of carbonyl (C=O) groups excluding carboxylic acids is 1. The van der Waals surface area contributed by atoms with Crippen LogP contribution < -0.4 is 10.1 Å². The highest BCUT2D eigenvalue weighted by Gasteiger charge is 2.28. The van der Waals surface area contributed by atoms with E-state index in [2.05, 4.69) is 40.5 Å². The van der Waals surface area contributed by atoms with Crippen LogP contribution in [0.2, 0.25) is 0 Å². The zero-order chi connectivity index (χ0) is 18.6. The number of carbonyl (C=O) groups is 1. The molecule has 0 spiro atoms. The maximum atomic E-state index is 13.8. The third kappa shape index (κ3) is 4.14. The highest BCUT2D eigenvalue weighted by atomic mass is 19.1. The zero-order valence-electron chi connectivity index (χ0n) is 15.4. The Morgan fingerprint density at radius 1 is 1.07 bits per heavy atom. The minimum absolute atomic E-state index is 0.0109. The summed E-state index contributed by atoms with van der Waals surface area (Å²) in [7, 11) is 0. The Balaban J connectivity index is 1.23. The van der Waals surface area contributed by atoms with Crippen LogP contribution in [0.15, 0.2) is 48.5 Å². The summed E-state index contributed by atoms with van der Waals surface area (Å²) in [4.78, 5) is 14.6. The standard InChI is InChI=1S/C22H25FN2O2/c23-18-8-4-9-19-21(18)22(26)24-20(27-19)10-5-13-25-14-11-17(12-15-25)16-6-2-1-3-7-16/h1-4,6-9,17,20H,5,10-15H2,(H,24,26). The monoisotopic (exact) mass is 368 g/mol. The lowest BCUT2D eigenvalue weighted by Gasteiger charge is -2.33. The van der Waals surface area contributed by atoms with Gasteiger partial charge in [0.1, 0.15) is 17.1 Å². The molecular weight excluding hydrogens is 343 g/mol. The second-order valence-electron chi connectivity index (χ2n) is 7.36. The number of hydrogen-bond acceptors (Lipinski definition) is 3. The second-order valence-corrected chi connectivity index (χ2v) is 7.36. The van der Waals surface area contributed by atoms with E-state index in [1.807, 2.05) is 0 Å². The maximum Gasteiger partial charge on any atom is 0.260 e. The number of amides is 1. The second kappa shape index (κ2) is 8.09. The molecule has 2 heterocycles. The van der Waals surface area contributed by atoms with Crippen LogP contribution in [-0.4, -0.2) is 36.7 Å². The van der Waals surface area contributed by atoms with Crippen LogP contribution in [0.1, 0.15) is 47.5 Å². The highest BCUT2D eigenvalue weighted by molar-refractivity contribution is 5.98. The molecule has 0 aliphatic carbocycles. The molecule has 2 aliphatic rings. The summed E-state index contributed by atoms with van der Waals surface area (Å²) in [6, 6.07) is 15.3. The number of likely N-dealkylation sites (tertiary alicyclic amines) is 1. The van der Waals surface area contributed by atoms with E-state index >= 15 is 0 Å². The van der Waals surface area contributed by atoms with E-state index < -0.39 is 5.82 Å². The number of ether oxygens (including phenoxy) is 1. The van der Waals surface area contributed by atoms with Crippen molar-refractivity contribution in [1.29, 1.82) is 0 Å². The summed E-state index contributed by atoms with van der Waals surface area (Å²) < 4.78 is 19.5. The van der Waals surface area contributed by atoms with Crippen molar-refractivity contribution in [2.45, 2.75) is 37.8 Å². The van der Waals surface area contributed by atoms with Crippen molar-refractivity contribution >= 4 is 5.91 Å². The highest BCUT2D eigenvalue weighted by Crippen LogP contribution is 2.29. The molecule has 142 valence electrons. The van der Waals surface area contributed by atoms with Crippen molar-refractivity contribution in [3.8, 4) is 5.75 Å². The van der Waals surface area contributed by atoms with Crippen LogP contribution in [0.4, 0.5) is 4.39 Å². The van der Waals surface area contributed by atoms with E-state index in [0.717, 1.165) is 32.5 Å². The Morgan fingerprint density at radius 2 is 1.85 bits per heavy atom. The minimum Gasteiger partial charge on any atom is -0.470 e. The lowest BCUT2D eigenvalue weighted by Crippen LogP contribution is -2.44. The minimum atomic E-state index is -0.537. The zero-order valence-corrected chi connectivity index (χ0v) is 15.4. The number of benzene rings is 2. The van der Waals surface area contributed by atoms with Gasteiger partial charge in [0.2, 0.25) is 0 Å². The first-order chi connectivity index (χ1) is 13.2. The van der Waals surface area contributed by atoms with Gasteiger partial charge in [-0.2, -0.15) is 0 Å². The van der Waals surface area contributed by atoms with Gasteiger partial charge in [-0.3, -0.25) is 4.79 Å². The van der Waals surface area contributed by atoms with E-state index in [-0.39, 0.29) is 17.7 Å². The molecule has 1 atom stereocenters. The molecule has 0 aromatic heterocycles. The molecule has 2 aromatic rings. The summed E-state index contributed by atoms with van der Waals surface area (Å²) in [6.07, 6.45) is 3.65. The Labute approximate surface area is 159 Å². The SMILES string of the molecule is O=C1NC(CCCN2CCC(c3ccccc3)CC2)Oc2cccc(F)c21. The Hall–Kier alpha value is -2.40. The average molecular weight is 368 g/mol. The quantitative estimate of drug-likeness (QED) is 0.869. The van der Waals surface area contributed by atoms with Crippen LogP contribution in [0, 0.1) is 5.82 Å². The van der Waals surface area contributed by atoms with Crippen molar-refractivity contribution in [1.82, 2.24) is 10.2 Å². The van der Waals surface area contributed by atoms with Crippen LogP contribution in [0.25, 0.3) is 0 Å². The molecule has 2 aliphatic heterocycles. The number of halogens is 1. The normalized spacial score (nSPS) is 20.6. The number of nitrogens with one attached hydrogen (secondary N) is 1. The van der Waals surface area contributed by atoms with Crippen LogP contribution in [0.5, 0.6) is 5.75 Å². The molecule has 4 rings (SSSR count). The molecule has 1 amide bonds. The molecule has 4 nitrogen and oxygen atoms in total. The molecule has 0 saturated carbocycles. The third-order valence-electron chi connectivity index (χ3n) is 5.56. The Kier molecular flexibility index (Phi) is 5.39. The van der Waals surface area contributed by atoms with Crippen molar-refractivity contribution in [2.24, 2.45) is 0 Å². The summed E-state index contributed by atoms with van der Waals surface area (Å²) in [6.45, 7) is 3.20. The predicted molar refractivity (Wildman–Crippen MR) is 102 cm³/mol. The van der Waals surface area contributed by atoms with E-state index in [1.165, 1.54) is 24.5 Å². The van der Waals surface area contributed by atoms with E-state index in [1.54, 1.807) is 12.1 Å². The van der Waals surface area contributed by atoms with Crippen molar-refractivity contribution in [2.75, 3.05) is 19.6 Å². The molecule has 27 heavy (non-hydrogen) atoms.